The van der Waals surface area contributed by atoms with Crippen LogP contribution in [0.3, 0.4) is 0 Å². The van der Waals surface area contributed by atoms with Crippen LogP contribution in [0.4, 0.5) is 5.69 Å². The van der Waals surface area contributed by atoms with Gasteiger partial charge in [-0.15, -0.1) is 0 Å². The Bertz CT molecular complexity index is 764. The highest BCUT2D eigenvalue weighted by Gasteiger charge is 2.33. The zero-order valence-corrected chi connectivity index (χ0v) is 16.5. The van der Waals surface area contributed by atoms with Crippen LogP contribution in [0.1, 0.15) is 18.4 Å². The van der Waals surface area contributed by atoms with Crippen molar-refractivity contribution in [2.45, 2.75) is 19.3 Å². The summed E-state index contributed by atoms with van der Waals surface area (Å²) in [6.45, 7) is 2.71. The van der Waals surface area contributed by atoms with Crippen molar-refractivity contribution in [3.8, 4) is 0 Å². The Balaban J connectivity index is 1.36. The summed E-state index contributed by atoms with van der Waals surface area (Å²) in [7, 11) is 2.05. The summed E-state index contributed by atoms with van der Waals surface area (Å²) in [4.78, 5) is 28.6. The van der Waals surface area contributed by atoms with Crippen LogP contribution in [0, 0.1) is 5.92 Å². The fourth-order valence-corrected chi connectivity index (χ4v) is 3.56. The number of benzene rings is 2. The van der Waals surface area contributed by atoms with Crippen molar-refractivity contribution in [3.05, 3.63) is 66.2 Å². The van der Waals surface area contributed by atoms with E-state index in [1.165, 1.54) is 11.3 Å². The zero-order chi connectivity index (χ0) is 19.8. The van der Waals surface area contributed by atoms with E-state index in [2.05, 4.69) is 41.5 Å². The maximum Gasteiger partial charge on any atom is 0.225 e. The molecule has 5 nitrogen and oxygen atoms in total. The van der Waals surface area contributed by atoms with Crippen molar-refractivity contribution in [2.75, 3.05) is 38.1 Å². The van der Waals surface area contributed by atoms with Gasteiger partial charge in [-0.1, -0.05) is 48.5 Å². The Hall–Kier alpha value is -2.82. The van der Waals surface area contributed by atoms with Gasteiger partial charge in [-0.25, -0.2) is 0 Å². The zero-order valence-electron chi connectivity index (χ0n) is 16.5. The maximum absolute atomic E-state index is 12.4. The van der Waals surface area contributed by atoms with Crippen molar-refractivity contribution in [3.63, 3.8) is 0 Å². The van der Waals surface area contributed by atoms with Gasteiger partial charge in [-0.05, 0) is 30.5 Å². The molecule has 28 heavy (non-hydrogen) atoms. The molecule has 3 rings (SSSR count). The topological polar surface area (TPSA) is 52.7 Å². The third-order valence-corrected chi connectivity index (χ3v) is 5.27. The summed E-state index contributed by atoms with van der Waals surface area (Å²) in [6, 6.07) is 20.3. The number of amides is 2. The number of carbonyl (C=O) groups is 2. The van der Waals surface area contributed by atoms with Crippen LogP contribution < -0.4 is 10.2 Å². The first-order valence-electron chi connectivity index (χ1n) is 9.99. The second-order valence-electron chi connectivity index (χ2n) is 7.38. The van der Waals surface area contributed by atoms with E-state index in [1.54, 1.807) is 0 Å². The molecular formula is C23H29N3O2. The van der Waals surface area contributed by atoms with E-state index in [9.17, 15) is 9.59 Å². The Labute approximate surface area is 167 Å². The van der Waals surface area contributed by atoms with Crippen LogP contribution in [0.2, 0.25) is 0 Å². The van der Waals surface area contributed by atoms with Gasteiger partial charge in [0.1, 0.15) is 0 Å². The van der Waals surface area contributed by atoms with Gasteiger partial charge in [-0.3, -0.25) is 9.59 Å². The van der Waals surface area contributed by atoms with Crippen LogP contribution in [0.15, 0.2) is 60.7 Å². The smallest absolute Gasteiger partial charge is 0.225 e. The monoisotopic (exact) mass is 379 g/mol. The summed E-state index contributed by atoms with van der Waals surface area (Å²) in [5.41, 5.74) is 2.38. The van der Waals surface area contributed by atoms with E-state index < -0.39 is 0 Å². The Morgan fingerprint density at radius 2 is 1.79 bits per heavy atom. The number of hydrogen-bond donors (Lipinski definition) is 1. The maximum atomic E-state index is 12.4. The van der Waals surface area contributed by atoms with Gasteiger partial charge in [0, 0.05) is 45.3 Å². The van der Waals surface area contributed by atoms with Crippen LogP contribution in [0.5, 0.6) is 0 Å². The highest BCUT2D eigenvalue weighted by atomic mass is 16.2. The van der Waals surface area contributed by atoms with Crippen molar-refractivity contribution in [2.24, 2.45) is 5.92 Å². The summed E-state index contributed by atoms with van der Waals surface area (Å²) < 4.78 is 0. The molecule has 0 aliphatic carbocycles. The van der Waals surface area contributed by atoms with Gasteiger partial charge >= 0.3 is 0 Å². The molecule has 0 saturated carbocycles. The van der Waals surface area contributed by atoms with Crippen LogP contribution >= 0.6 is 0 Å². The van der Waals surface area contributed by atoms with E-state index in [0.717, 1.165) is 19.4 Å². The Morgan fingerprint density at radius 3 is 2.50 bits per heavy atom. The van der Waals surface area contributed by atoms with Gasteiger partial charge in [-0.2, -0.15) is 0 Å². The molecule has 1 atom stereocenters. The van der Waals surface area contributed by atoms with E-state index in [1.807, 2.05) is 41.3 Å². The molecule has 1 aliphatic rings. The summed E-state index contributed by atoms with van der Waals surface area (Å²) >= 11 is 0. The van der Waals surface area contributed by atoms with Crippen molar-refractivity contribution >= 4 is 17.5 Å². The molecular weight excluding hydrogens is 350 g/mol. The minimum absolute atomic E-state index is 0.00192. The van der Waals surface area contributed by atoms with E-state index in [-0.39, 0.29) is 17.7 Å². The standard InChI is InChI=1S/C23H29N3O2/c1-25(21-11-6-3-7-12-21)15-8-14-24-23(28)20-17-22(27)26(18-20)16-13-19-9-4-2-5-10-19/h2-7,9-12,20H,8,13-18H2,1H3,(H,24,28). The minimum atomic E-state index is -0.227. The molecule has 1 fully saturated rings. The average Bonchev–Trinajstić information content (AvgIpc) is 3.11. The van der Waals surface area contributed by atoms with Crippen LogP contribution in [0.25, 0.3) is 0 Å². The number of anilines is 1. The molecule has 1 unspecified atom stereocenters. The van der Waals surface area contributed by atoms with E-state index in [0.29, 0.717) is 26.1 Å². The van der Waals surface area contributed by atoms with Crippen LogP contribution in [-0.4, -0.2) is 49.9 Å². The van der Waals surface area contributed by atoms with E-state index in [4.69, 9.17) is 0 Å². The predicted molar refractivity (Wildman–Crippen MR) is 112 cm³/mol. The van der Waals surface area contributed by atoms with E-state index >= 15 is 0 Å². The van der Waals surface area contributed by atoms with Crippen molar-refractivity contribution in [1.82, 2.24) is 10.2 Å². The third kappa shape index (κ3) is 5.59. The van der Waals surface area contributed by atoms with Crippen molar-refractivity contribution < 1.29 is 9.59 Å². The second-order valence-corrected chi connectivity index (χ2v) is 7.38. The molecule has 2 aromatic rings. The summed E-state index contributed by atoms with van der Waals surface area (Å²) in [5.74, 6) is -0.145. The molecule has 2 aromatic carbocycles. The lowest BCUT2D eigenvalue weighted by Gasteiger charge is -2.19. The molecule has 0 bridgehead atoms. The second kappa shape index (κ2) is 9.93. The lowest BCUT2D eigenvalue weighted by atomic mass is 10.1. The summed E-state index contributed by atoms with van der Waals surface area (Å²) in [6.07, 6.45) is 2.02. The molecule has 1 aliphatic heterocycles. The first kappa shape index (κ1) is 19.9. The fraction of sp³-hybridized carbons (Fsp3) is 0.391. The van der Waals surface area contributed by atoms with Gasteiger partial charge in [0.15, 0.2) is 0 Å². The highest BCUT2D eigenvalue weighted by Crippen LogP contribution is 2.18. The number of nitrogens with zero attached hydrogens (tertiary/aromatic N) is 2. The number of nitrogens with one attached hydrogen (secondary N) is 1. The molecule has 1 N–H and O–H groups in total. The van der Waals surface area contributed by atoms with Gasteiger partial charge in [0.05, 0.1) is 5.92 Å². The van der Waals surface area contributed by atoms with Crippen molar-refractivity contribution in [1.29, 1.82) is 0 Å². The predicted octanol–water partition coefficient (Wildman–Crippen LogP) is 2.72. The molecule has 1 saturated heterocycles. The first-order valence-corrected chi connectivity index (χ1v) is 9.99. The first-order chi connectivity index (χ1) is 13.6. The molecule has 5 heteroatoms. The lowest BCUT2D eigenvalue weighted by molar-refractivity contribution is -0.129. The van der Waals surface area contributed by atoms with Gasteiger partial charge in [0.25, 0.3) is 0 Å². The van der Waals surface area contributed by atoms with Crippen LogP contribution in [-0.2, 0) is 16.0 Å². The molecule has 2 amide bonds. The number of rotatable bonds is 9. The largest absolute Gasteiger partial charge is 0.375 e. The van der Waals surface area contributed by atoms with Gasteiger partial charge in [0.2, 0.25) is 11.8 Å². The minimum Gasteiger partial charge on any atom is -0.375 e. The number of para-hydroxylation sites is 1. The highest BCUT2D eigenvalue weighted by molar-refractivity contribution is 5.89. The molecule has 0 aromatic heterocycles. The molecule has 1 heterocycles. The Morgan fingerprint density at radius 1 is 1.11 bits per heavy atom. The molecule has 0 radical (unpaired) electrons. The fourth-order valence-electron chi connectivity index (χ4n) is 3.56. The SMILES string of the molecule is CN(CCCNC(=O)C1CC(=O)N(CCc2ccccc2)C1)c1ccccc1. The summed E-state index contributed by atoms with van der Waals surface area (Å²) in [5, 5.41) is 3.00. The Kier molecular flexibility index (Phi) is 7.06. The average molecular weight is 380 g/mol. The molecule has 0 spiro atoms. The number of likely N-dealkylation sites (tertiary alicyclic amines) is 1. The lowest BCUT2D eigenvalue weighted by Crippen LogP contribution is -2.35. The third-order valence-electron chi connectivity index (χ3n) is 5.27. The normalized spacial score (nSPS) is 16.2. The molecule has 148 valence electrons. The van der Waals surface area contributed by atoms with Gasteiger partial charge < -0.3 is 15.1 Å². The number of hydrogen-bond acceptors (Lipinski definition) is 3. The quantitative estimate of drug-likeness (QED) is 0.682. The number of carbonyl (C=O) groups excluding carboxylic acids is 2.